The van der Waals surface area contributed by atoms with Gasteiger partial charge in [0.05, 0.1) is 13.2 Å². The van der Waals surface area contributed by atoms with Crippen LogP contribution in [-0.4, -0.2) is 43.8 Å². The summed E-state index contributed by atoms with van der Waals surface area (Å²) in [4.78, 5) is 30.2. The minimum atomic E-state index is -4.30. The van der Waals surface area contributed by atoms with Crippen LogP contribution in [-0.2, 0) is 32.7 Å². The van der Waals surface area contributed by atoms with E-state index in [1.807, 2.05) is 0 Å². The van der Waals surface area contributed by atoms with E-state index in [-0.39, 0.29) is 31.6 Å². The molecule has 3 rings (SSSR count). The van der Waals surface area contributed by atoms with E-state index in [9.17, 15) is 19.0 Å². The first-order valence-corrected chi connectivity index (χ1v) is 9.25. The van der Waals surface area contributed by atoms with Crippen molar-refractivity contribution in [2.24, 2.45) is 17.3 Å². The van der Waals surface area contributed by atoms with Crippen LogP contribution in [0.2, 0.25) is 0 Å². The third-order valence-electron chi connectivity index (χ3n) is 5.00. The van der Waals surface area contributed by atoms with E-state index in [2.05, 4.69) is 29.4 Å². The Balaban J connectivity index is 1.80. The van der Waals surface area contributed by atoms with Crippen LogP contribution in [0.1, 0.15) is 26.7 Å². The lowest BCUT2D eigenvalue weighted by Crippen LogP contribution is -2.48. The average Bonchev–Trinajstić information content (AvgIpc) is 2.55. The van der Waals surface area contributed by atoms with Crippen molar-refractivity contribution in [1.29, 1.82) is 0 Å². The molecule has 0 aromatic rings. The van der Waals surface area contributed by atoms with Gasteiger partial charge in [0.1, 0.15) is 6.61 Å². The number of ether oxygens (including phenoxy) is 2. The van der Waals surface area contributed by atoms with Crippen molar-refractivity contribution < 1.29 is 37.6 Å². The Bertz CT molecular complexity index is 544. The fraction of sp³-hybridized carbons (Fsp3) is 0.733. The molecule has 2 bridgehead atoms. The summed E-state index contributed by atoms with van der Waals surface area (Å²) in [5.41, 5.74) is 1.22. The van der Waals surface area contributed by atoms with Crippen molar-refractivity contribution in [3.8, 4) is 0 Å². The number of hydrogen-bond donors (Lipinski definition) is 1. The Labute approximate surface area is 140 Å². The molecular weight excluding hydrogens is 339 g/mol. The molecule has 3 aliphatic carbocycles. The largest absolute Gasteiger partial charge is 0.472 e. The second-order valence-corrected chi connectivity index (χ2v) is 8.10. The van der Waals surface area contributed by atoms with Crippen LogP contribution in [0.4, 0.5) is 0 Å². The summed E-state index contributed by atoms with van der Waals surface area (Å²) in [5, 5.41) is 0. The maximum absolute atomic E-state index is 11.9. The zero-order chi connectivity index (χ0) is 17.8. The van der Waals surface area contributed by atoms with Crippen molar-refractivity contribution in [1.82, 2.24) is 0 Å². The van der Waals surface area contributed by atoms with Crippen LogP contribution >= 0.6 is 7.82 Å². The summed E-state index contributed by atoms with van der Waals surface area (Å²) in [6.45, 7) is 4.05. The molecule has 0 aromatic carbocycles. The van der Waals surface area contributed by atoms with Gasteiger partial charge >= 0.3 is 7.82 Å². The Morgan fingerprint density at radius 1 is 1.33 bits per heavy atom. The van der Waals surface area contributed by atoms with Crippen molar-refractivity contribution in [3.05, 3.63) is 11.6 Å². The highest BCUT2D eigenvalue weighted by atomic mass is 31.2. The third-order valence-corrected chi connectivity index (χ3v) is 5.93. The van der Waals surface area contributed by atoms with Crippen LogP contribution in [0.15, 0.2) is 11.6 Å². The predicted molar refractivity (Wildman–Crippen MR) is 82.8 cm³/mol. The molecule has 0 aromatic heterocycles. The topological polar surface area (TPSA) is 108 Å². The molecular formula is C15H23O8P. The van der Waals surface area contributed by atoms with E-state index in [0.717, 1.165) is 18.4 Å². The van der Waals surface area contributed by atoms with Crippen LogP contribution in [0.5, 0.6) is 0 Å². The molecule has 1 N–H and O–H groups in total. The molecule has 136 valence electrons. The second-order valence-electron chi connectivity index (χ2n) is 6.64. The molecule has 0 aliphatic heterocycles. The third kappa shape index (κ3) is 4.45. The number of fused-ring (bicyclic) bond motifs is 1. The smallest absolute Gasteiger partial charge is 0.464 e. The molecule has 1 fully saturated rings. The molecule has 24 heavy (non-hydrogen) atoms. The van der Waals surface area contributed by atoms with Gasteiger partial charge in [-0.15, -0.1) is 0 Å². The molecule has 0 radical (unpaired) electrons. The van der Waals surface area contributed by atoms with E-state index in [1.165, 1.54) is 0 Å². The predicted octanol–water partition coefficient (Wildman–Crippen LogP) is 1.83. The standard InChI is InChI=1S/C15H23O8P/c1-15(2)12-4-3-11(14(15)5-12)6-22-24(18,19)23-8-13(21-10-17)7-20-9-16/h3,9-10,12-14H,4-8H2,1-2H3,(H,18,19). The van der Waals surface area contributed by atoms with Crippen LogP contribution in [0.25, 0.3) is 0 Å². The molecule has 8 nitrogen and oxygen atoms in total. The monoisotopic (exact) mass is 362 g/mol. The number of carbonyl (C=O) groups excluding carboxylic acids is 2. The number of phosphoric acid groups is 1. The van der Waals surface area contributed by atoms with Gasteiger partial charge in [-0.2, -0.15) is 0 Å². The van der Waals surface area contributed by atoms with Gasteiger partial charge in [0.25, 0.3) is 12.9 Å². The number of carbonyl (C=O) groups is 2. The molecule has 1 saturated carbocycles. The normalized spacial score (nSPS) is 27.9. The molecule has 0 saturated heterocycles. The molecule has 0 amide bonds. The number of rotatable bonds is 11. The Hall–Kier alpha value is -1.21. The first-order chi connectivity index (χ1) is 11.3. The molecule has 4 atom stereocenters. The Kier molecular flexibility index (Phi) is 6.20. The molecule has 9 heteroatoms. The van der Waals surface area contributed by atoms with Gasteiger partial charge in [0, 0.05) is 0 Å². The molecule has 0 spiro atoms. The molecule has 0 heterocycles. The summed E-state index contributed by atoms with van der Waals surface area (Å²) < 4.78 is 30.9. The minimum Gasteiger partial charge on any atom is -0.464 e. The quantitative estimate of drug-likeness (QED) is 0.337. The summed E-state index contributed by atoms with van der Waals surface area (Å²) in [6, 6.07) is 0. The highest BCUT2D eigenvalue weighted by Gasteiger charge is 2.51. The fourth-order valence-electron chi connectivity index (χ4n) is 3.36. The Morgan fingerprint density at radius 2 is 2.08 bits per heavy atom. The van der Waals surface area contributed by atoms with Gasteiger partial charge in [0.15, 0.2) is 6.10 Å². The number of allylic oxidation sites excluding steroid dienone is 1. The van der Waals surface area contributed by atoms with Gasteiger partial charge in [-0.1, -0.05) is 19.9 Å². The van der Waals surface area contributed by atoms with E-state index in [4.69, 9.17) is 9.05 Å². The van der Waals surface area contributed by atoms with Gasteiger partial charge in [0.2, 0.25) is 0 Å². The first kappa shape index (κ1) is 19.1. The summed E-state index contributed by atoms with van der Waals surface area (Å²) in [5.74, 6) is 1.03. The molecule has 4 unspecified atom stereocenters. The number of hydrogen-bond acceptors (Lipinski definition) is 7. The van der Waals surface area contributed by atoms with E-state index in [1.54, 1.807) is 0 Å². The summed E-state index contributed by atoms with van der Waals surface area (Å²) >= 11 is 0. The van der Waals surface area contributed by atoms with E-state index >= 15 is 0 Å². The van der Waals surface area contributed by atoms with E-state index in [0.29, 0.717) is 11.8 Å². The zero-order valence-electron chi connectivity index (χ0n) is 13.8. The minimum absolute atomic E-state index is 0.0264. The van der Waals surface area contributed by atoms with Gasteiger partial charge in [-0.05, 0) is 35.7 Å². The van der Waals surface area contributed by atoms with Gasteiger partial charge in [-0.25, -0.2) is 4.57 Å². The second kappa shape index (κ2) is 7.78. The van der Waals surface area contributed by atoms with Crippen LogP contribution in [0, 0.1) is 17.3 Å². The van der Waals surface area contributed by atoms with Gasteiger partial charge < -0.3 is 14.4 Å². The highest BCUT2D eigenvalue weighted by Crippen LogP contribution is 2.59. The van der Waals surface area contributed by atoms with Crippen molar-refractivity contribution in [3.63, 3.8) is 0 Å². The zero-order valence-corrected chi connectivity index (χ0v) is 14.6. The van der Waals surface area contributed by atoms with Gasteiger partial charge in [-0.3, -0.25) is 18.6 Å². The lowest BCUT2D eigenvalue weighted by Gasteiger charge is -2.56. The number of phosphoric ester groups is 1. The highest BCUT2D eigenvalue weighted by molar-refractivity contribution is 7.47. The lowest BCUT2D eigenvalue weighted by molar-refractivity contribution is -0.144. The van der Waals surface area contributed by atoms with Crippen LogP contribution in [0.3, 0.4) is 0 Å². The lowest BCUT2D eigenvalue weighted by atomic mass is 9.49. The van der Waals surface area contributed by atoms with Crippen molar-refractivity contribution in [2.75, 3.05) is 19.8 Å². The van der Waals surface area contributed by atoms with Crippen molar-refractivity contribution >= 4 is 20.8 Å². The van der Waals surface area contributed by atoms with Crippen LogP contribution < -0.4 is 0 Å². The van der Waals surface area contributed by atoms with Crippen molar-refractivity contribution in [2.45, 2.75) is 32.8 Å². The maximum atomic E-state index is 11.9. The average molecular weight is 362 g/mol. The Morgan fingerprint density at radius 3 is 2.67 bits per heavy atom. The fourth-order valence-corrected chi connectivity index (χ4v) is 4.10. The first-order valence-electron chi connectivity index (χ1n) is 7.75. The van der Waals surface area contributed by atoms with E-state index < -0.39 is 20.5 Å². The summed E-state index contributed by atoms with van der Waals surface area (Å²) in [6.07, 6.45) is 3.13. The maximum Gasteiger partial charge on any atom is 0.472 e. The summed E-state index contributed by atoms with van der Waals surface area (Å²) in [7, 11) is -4.30. The SMILES string of the molecule is CC1(C)C2CC=C(COP(=O)(O)OCC(COC=O)OC=O)C1C2. The molecule has 3 aliphatic rings.